The lowest BCUT2D eigenvalue weighted by Crippen LogP contribution is -2.11. The van der Waals surface area contributed by atoms with Crippen molar-refractivity contribution in [3.05, 3.63) is 45.9 Å². The van der Waals surface area contributed by atoms with Gasteiger partial charge in [0.25, 0.3) is 0 Å². The molecule has 2 rings (SSSR count). The van der Waals surface area contributed by atoms with Crippen LogP contribution in [0.5, 0.6) is 5.75 Å². The van der Waals surface area contributed by atoms with Gasteiger partial charge in [0, 0.05) is 22.9 Å². The third-order valence-corrected chi connectivity index (χ3v) is 4.18. The first-order valence-electron chi connectivity index (χ1n) is 6.58. The second-order valence-corrected chi connectivity index (χ2v) is 5.45. The first-order valence-corrected chi connectivity index (χ1v) is 7.46. The van der Waals surface area contributed by atoms with Crippen molar-refractivity contribution in [1.82, 2.24) is 4.98 Å². The van der Waals surface area contributed by atoms with Crippen LogP contribution in [0.1, 0.15) is 35.5 Å². The van der Waals surface area contributed by atoms with Crippen LogP contribution < -0.4 is 10.5 Å². The Bertz CT molecular complexity index is 524. The lowest BCUT2D eigenvalue weighted by Gasteiger charge is -2.15. The Hall–Kier alpha value is -1.39. The van der Waals surface area contributed by atoms with Gasteiger partial charge in [-0.15, -0.1) is 11.3 Å². The summed E-state index contributed by atoms with van der Waals surface area (Å²) in [6, 6.07) is 8.07. The molecule has 0 aliphatic carbocycles. The summed E-state index contributed by atoms with van der Waals surface area (Å²) in [5.74, 6) is 0.902. The molecule has 0 radical (unpaired) electrons. The zero-order valence-electron chi connectivity index (χ0n) is 11.4. The van der Waals surface area contributed by atoms with E-state index in [1.54, 1.807) is 11.3 Å². The zero-order chi connectivity index (χ0) is 13.7. The van der Waals surface area contributed by atoms with Crippen LogP contribution in [0.4, 0.5) is 0 Å². The molecule has 0 saturated carbocycles. The van der Waals surface area contributed by atoms with Gasteiger partial charge in [0.1, 0.15) is 5.75 Å². The van der Waals surface area contributed by atoms with Crippen molar-refractivity contribution in [3.63, 3.8) is 0 Å². The molecule has 19 heavy (non-hydrogen) atoms. The van der Waals surface area contributed by atoms with E-state index in [0.29, 0.717) is 6.61 Å². The SMILES string of the molecule is CC[C@@H](N)c1ccccc1OCCc1scnc1C. The van der Waals surface area contributed by atoms with Crippen molar-refractivity contribution in [1.29, 1.82) is 0 Å². The van der Waals surface area contributed by atoms with Crippen LogP contribution in [0.2, 0.25) is 0 Å². The molecule has 1 heterocycles. The fourth-order valence-corrected chi connectivity index (χ4v) is 2.72. The van der Waals surface area contributed by atoms with Gasteiger partial charge >= 0.3 is 0 Å². The standard InChI is InChI=1S/C15H20N2OS/c1-3-13(16)12-6-4-5-7-14(12)18-9-8-15-11(2)17-10-19-15/h4-7,10,13H,3,8-9,16H2,1-2H3/t13-/m1/s1. The summed E-state index contributed by atoms with van der Waals surface area (Å²) in [5, 5.41) is 0. The highest BCUT2D eigenvalue weighted by atomic mass is 32.1. The summed E-state index contributed by atoms with van der Waals surface area (Å²) in [7, 11) is 0. The number of hydrogen-bond donors (Lipinski definition) is 1. The Labute approximate surface area is 118 Å². The summed E-state index contributed by atoms with van der Waals surface area (Å²) in [6.07, 6.45) is 1.81. The summed E-state index contributed by atoms with van der Waals surface area (Å²) >= 11 is 1.68. The van der Waals surface area contributed by atoms with Crippen molar-refractivity contribution in [2.75, 3.05) is 6.61 Å². The summed E-state index contributed by atoms with van der Waals surface area (Å²) in [6.45, 7) is 4.78. The molecule has 0 unspecified atom stereocenters. The maximum atomic E-state index is 6.10. The maximum absolute atomic E-state index is 6.10. The van der Waals surface area contributed by atoms with Gasteiger partial charge in [-0.05, 0) is 19.4 Å². The molecule has 2 aromatic rings. The monoisotopic (exact) mass is 276 g/mol. The van der Waals surface area contributed by atoms with Crippen molar-refractivity contribution >= 4 is 11.3 Å². The number of aromatic nitrogens is 1. The molecular formula is C15H20N2OS. The quantitative estimate of drug-likeness (QED) is 0.878. The van der Waals surface area contributed by atoms with Gasteiger partial charge in [-0.2, -0.15) is 0 Å². The van der Waals surface area contributed by atoms with Gasteiger partial charge in [0.2, 0.25) is 0 Å². The lowest BCUT2D eigenvalue weighted by atomic mass is 10.0. The number of para-hydroxylation sites is 1. The van der Waals surface area contributed by atoms with E-state index in [4.69, 9.17) is 10.5 Å². The average molecular weight is 276 g/mol. The van der Waals surface area contributed by atoms with E-state index in [1.807, 2.05) is 36.7 Å². The van der Waals surface area contributed by atoms with Crippen molar-refractivity contribution in [2.24, 2.45) is 5.73 Å². The van der Waals surface area contributed by atoms with Crippen LogP contribution in [-0.2, 0) is 6.42 Å². The fourth-order valence-electron chi connectivity index (χ4n) is 1.96. The lowest BCUT2D eigenvalue weighted by molar-refractivity contribution is 0.317. The number of ether oxygens (including phenoxy) is 1. The van der Waals surface area contributed by atoms with E-state index < -0.39 is 0 Å². The summed E-state index contributed by atoms with van der Waals surface area (Å²) < 4.78 is 5.89. The molecule has 0 amide bonds. The second kappa shape index (κ2) is 6.68. The molecule has 102 valence electrons. The first-order chi connectivity index (χ1) is 9.22. The predicted octanol–water partition coefficient (Wildman–Crippen LogP) is 3.48. The largest absolute Gasteiger partial charge is 0.493 e. The van der Waals surface area contributed by atoms with Crippen LogP contribution in [0.25, 0.3) is 0 Å². The number of nitrogens with zero attached hydrogens (tertiary/aromatic N) is 1. The molecule has 1 aromatic carbocycles. The minimum atomic E-state index is 0.0429. The van der Waals surface area contributed by atoms with E-state index in [1.165, 1.54) is 4.88 Å². The highest BCUT2D eigenvalue weighted by molar-refractivity contribution is 7.09. The van der Waals surface area contributed by atoms with Gasteiger partial charge in [0.15, 0.2) is 0 Å². The molecule has 0 aliphatic rings. The molecule has 0 fully saturated rings. The molecule has 2 N–H and O–H groups in total. The van der Waals surface area contributed by atoms with Crippen molar-refractivity contribution in [2.45, 2.75) is 32.7 Å². The van der Waals surface area contributed by atoms with Crippen LogP contribution in [0, 0.1) is 6.92 Å². The van der Waals surface area contributed by atoms with Crippen molar-refractivity contribution in [3.8, 4) is 5.75 Å². The van der Waals surface area contributed by atoms with E-state index in [2.05, 4.69) is 11.9 Å². The molecule has 0 spiro atoms. The average Bonchev–Trinajstić information content (AvgIpc) is 2.84. The number of aryl methyl sites for hydroxylation is 1. The maximum Gasteiger partial charge on any atom is 0.124 e. The Balaban J connectivity index is 1.98. The third-order valence-electron chi connectivity index (χ3n) is 3.19. The van der Waals surface area contributed by atoms with Gasteiger partial charge in [0.05, 0.1) is 17.8 Å². The highest BCUT2D eigenvalue weighted by Gasteiger charge is 2.10. The number of rotatable bonds is 6. The molecule has 1 atom stereocenters. The van der Waals surface area contributed by atoms with E-state index in [-0.39, 0.29) is 6.04 Å². The smallest absolute Gasteiger partial charge is 0.124 e. The minimum absolute atomic E-state index is 0.0429. The molecular weight excluding hydrogens is 256 g/mol. The Morgan fingerprint density at radius 1 is 1.37 bits per heavy atom. The summed E-state index contributed by atoms with van der Waals surface area (Å²) in [5.41, 5.74) is 10.2. The van der Waals surface area contributed by atoms with Gasteiger partial charge < -0.3 is 10.5 Å². The third kappa shape index (κ3) is 3.55. The van der Waals surface area contributed by atoms with Gasteiger partial charge in [-0.1, -0.05) is 25.1 Å². The number of benzene rings is 1. The Morgan fingerprint density at radius 3 is 2.84 bits per heavy atom. The van der Waals surface area contributed by atoms with Crippen molar-refractivity contribution < 1.29 is 4.74 Å². The highest BCUT2D eigenvalue weighted by Crippen LogP contribution is 2.25. The van der Waals surface area contributed by atoms with Gasteiger partial charge in [-0.25, -0.2) is 4.98 Å². The van der Waals surface area contributed by atoms with Crippen LogP contribution in [-0.4, -0.2) is 11.6 Å². The molecule has 0 bridgehead atoms. The van der Waals surface area contributed by atoms with E-state index >= 15 is 0 Å². The molecule has 0 aliphatic heterocycles. The number of thiazole rings is 1. The predicted molar refractivity (Wildman–Crippen MR) is 79.7 cm³/mol. The fraction of sp³-hybridized carbons (Fsp3) is 0.400. The van der Waals surface area contributed by atoms with Crippen LogP contribution >= 0.6 is 11.3 Å². The Morgan fingerprint density at radius 2 is 2.16 bits per heavy atom. The van der Waals surface area contributed by atoms with E-state index in [0.717, 1.165) is 29.8 Å². The summed E-state index contributed by atoms with van der Waals surface area (Å²) in [4.78, 5) is 5.53. The molecule has 3 nitrogen and oxygen atoms in total. The van der Waals surface area contributed by atoms with E-state index in [9.17, 15) is 0 Å². The molecule has 4 heteroatoms. The normalized spacial score (nSPS) is 12.4. The topological polar surface area (TPSA) is 48.1 Å². The number of nitrogens with two attached hydrogens (primary N) is 1. The van der Waals surface area contributed by atoms with Gasteiger partial charge in [-0.3, -0.25) is 0 Å². The molecule has 1 aromatic heterocycles. The van der Waals surface area contributed by atoms with Crippen LogP contribution in [0.15, 0.2) is 29.8 Å². The van der Waals surface area contributed by atoms with Crippen LogP contribution in [0.3, 0.4) is 0 Å². The Kier molecular flexibility index (Phi) is 4.93. The first kappa shape index (κ1) is 14.0. The molecule has 0 saturated heterocycles. The zero-order valence-corrected chi connectivity index (χ0v) is 12.2. The number of hydrogen-bond acceptors (Lipinski definition) is 4. The second-order valence-electron chi connectivity index (χ2n) is 4.51. The minimum Gasteiger partial charge on any atom is -0.493 e.